The van der Waals surface area contributed by atoms with Crippen molar-refractivity contribution in [2.24, 2.45) is 0 Å². The van der Waals surface area contributed by atoms with Crippen molar-refractivity contribution in [1.82, 2.24) is 5.32 Å². The van der Waals surface area contributed by atoms with Crippen LogP contribution in [0.15, 0.2) is 53.4 Å². The summed E-state index contributed by atoms with van der Waals surface area (Å²) in [5, 5.41) is 16.5. The highest BCUT2D eigenvalue weighted by Crippen LogP contribution is 2.27. The number of nitro benzene ring substituents is 1. The monoisotopic (exact) mass is 455 g/mol. The first-order valence-corrected chi connectivity index (χ1v) is 10.7. The normalized spacial score (nSPS) is 11.5. The number of nitrogens with zero attached hydrogens (tertiary/aromatic N) is 1. The first-order chi connectivity index (χ1) is 14.6. The van der Waals surface area contributed by atoms with Gasteiger partial charge >= 0.3 is 6.61 Å². The van der Waals surface area contributed by atoms with Crippen LogP contribution in [-0.2, 0) is 14.6 Å². The van der Waals surface area contributed by atoms with Gasteiger partial charge in [0, 0.05) is 37.1 Å². The Morgan fingerprint density at radius 3 is 2.58 bits per heavy atom. The number of hydrogen-bond acceptors (Lipinski definition) is 7. The molecule has 0 aromatic heterocycles. The zero-order valence-corrected chi connectivity index (χ0v) is 17.1. The van der Waals surface area contributed by atoms with E-state index in [1.165, 1.54) is 36.4 Å². The maximum atomic E-state index is 12.4. The fraction of sp³-hybridized carbons (Fsp3) is 0.211. The van der Waals surface area contributed by atoms with Gasteiger partial charge in [-0.1, -0.05) is 18.2 Å². The summed E-state index contributed by atoms with van der Waals surface area (Å²) in [5.74, 6) is -0.594. The fourth-order valence-electron chi connectivity index (χ4n) is 2.47. The number of benzene rings is 2. The molecule has 0 radical (unpaired) electrons. The molecule has 2 aromatic rings. The van der Waals surface area contributed by atoms with Crippen LogP contribution in [0.25, 0.3) is 6.08 Å². The van der Waals surface area contributed by atoms with E-state index in [-0.39, 0.29) is 35.0 Å². The van der Waals surface area contributed by atoms with E-state index >= 15 is 0 Å². The summed E-state index contributed by atoms with van der Waals surface area (Å²) in [6.07, 6.45) is 3.40. The Kier molecular flexibility index (Phi) is 8.02. The van der Waals surface area contributed by atoms with Crippen LogP contribution in [-0.4, -0.2) is 45.2 Å². The Hall–Kier alpha value is -3.54. The Labute approximate surface area is 176 Å². The number of hydrogen-bond donors (Lipinski definition) is 2. The minimum absolute atomic E-state index is 0.0759. The largest absolute Gasteiger partial charge is 0.434 e. The van der Waals surface area contributed by atoms with Crippen molar-refractivity contribution in [3.63, 3.8) is 0 Å². The zero-order chi connectivity index (χ0) is 23.0. The topological polar surface area (TPSA) is 128 Å². The van der Waals surface area contributed by atoms with E-state index in [4.69, 9.17) is 0 Å². The van der Waals surface area contributed by atoms with Gasteiger partial charge in [0.2, 0.25) is 5.91 Å². The van der Waals surface area contributed by atoms with Gasteiger partial charge in [-0.25, -0.2) is 8.42 Å². The van der Waals surface area contributed by atoms with E-state index in [9.17, 15) is 32.1 Å². The van der Waals surface area contributed by atoms with Crippen molar-refractivity contribution < 1.29 is 31.7 Å². The molecule has 0 bridgehead atoms. The molecule has 31 heavy (non-hydrogen) atoms. The van der Waals surface area contributed by atoms with Crippen LogP contribution in [0.4, 0.5) is 20.2 Å². The lowest BCUT2D eigenvalue weighted by atomic mass is 10.2. The molecule has 0 atom stereocenters. The molecule has 0 aliphatic heterocycles. The number of amides is 1. The van der Waals surface area contributed by atoms with Gasteiger partial charge in [0.25, 0.3) is 5.69 Å². The lowest BCUT2D eigenvalue weighted by Gasteiger charge is -2.09. The number of ether oxygens (including phenoxy) is 1. The van der Waals surface area contributed by atoms with Crippen LogP contribution in [0.2, 0.25) is 0 Å². The number of para-hydroxylation sites is 1. The number of halogens is 2. The average Bonchev–Trinajstić information content (AvgIpc) is 2.69. The molecule has 166 valence electrons. The summed E-state index contributed by atoms with van der Waals surface area (Å²) in [6, 6.07) is 9.43. The Bertz CT molecular complexity index is 1090. The highest BCUT2D eigenvalue weighted by atomic mass is 32.2. The number of nitrogens with one attached hydrogen (secondary N) is 2. The lowest BCUT2D eigenvalue weighted by molar-refractivity contribution is -0.384. The van der Waals surface area contributed by atoms with Crippen molar-refractivity contribution in [3.8, 4) is 5.75 Å². The van der Waals surface area contributed by atoms with Crippen LogP contribution in [0, 0.1) is 10.1 Å². The number of nitro groups is 1. The Morgan fingerprint density at radius 1 is 1.23 bits per heavy atom. The molecule has 9 nitrogen and oxygen atoms in total. The molecule has 2 rings (SSSR count). The molecule has 0 spiro atoms. The molecule has 0 fully saturated rings. The number of rotatable bonds is 10. The molecule has 0 aliphatic rings. The van der Waals surface area contributed by atoms with E-state index < -0.39 is 33.0 Å². The highest BCUT2D eigenvalue weighted by molar-refractivity contribution is 7.90. The van der Waals surface area contributed by atoms with Gasteiger partial charge in [0.05, 0.1) is 9.82 Å². The van der Waals surface area contributed by atoms with Crippen LogP contribution in [0.3, 0.4) is 0 Å². The molecule has 0 aliphatic carbocycles. The molecule has 12 heteroatoms. The van der Waals surface area contributed by atoms with Gasteiger partial charge in [-0.05, 0) is 24.3 Å². The van der Waals surface area contributed by atoms with Crippen molar-refractivity contribution >= 4 is 33.2 Å². The molecular weight excluding hydrogens is 436 g/mol. The second kappa shape index (κ2) is 10.5. The molecule has 0 saturated heterocycles. The standard InChI is InChI=1S/C19H19F2N3O6S/c1-31(28,29)14-7-8-15(16(12-14)24(26)27)22-10-11-23-18(25)9-6-13-4-2-3-5-17(13)30-19(20)21/h2-9,12,19,22H,10-11H2,1H3,(H,23,25)/b9-6+. The predicted molar refractivity (Wildman–Crippen MR) is 110 cm³/mol. The van der Waals surface area contributed by atoms with E-state index in [1.54, 1.807) is 6.07 Å². The maximum Gasteiger partial charge on any atom is 0.387 e. The van der Waals surface area contributed by atoms with Gasteiger partial charge in [0.1, 0.15) is 11.4 Å². The minimum atomic E-state index is -3.60. The smallest absolute Gasteiger partial charge is 0.387 e. The molecular formula is C19H19F2N3O6S. The Morgan fingerprint density at radius 2 is 1.94 bits per heavy atom. The third-order valence-electron chi connectivity index (χ3n) is 3.88. The van der Waals surface area contributed by atoms with Gasteiger partial charge in [-0.15, -0.1) is 0 Å². The minimum Gasteiger partial charge on any atom is -0.434 e. The molecule has 0 heterocycles. The van der Waals surface area contributed by atoms with Crippen LogP contribution < -0.4 is 15.4 Å². The quantitative estimate of drug-likeness (QED) is 0.244. The number of carbonyl (C=O) groups is 1. The molecule has 2 aromatic carbocycles. The first-order valence-electron chi connectivity index (χ1n) is 8.80. The summed E-state index contributed by atoms with van der Waals surface area (Å²) in [4.78, 5) is 22.2. The molecule has 0 unspecified atom stereocenters. The van der Waals surface area contributed by atoms with E-state index in [2.05, 4.69) is 15.4 Å². The van der Waals surface area contributed by atoms with Crippen molar-refractivity contribution in [2.45, 2.75) is 11.5 Å². The third kappa shape index (κ3) is 7.33. The highest BCUT2D eigenvalue weighted by Gasteiger charge is 2.18. The van der Waals surface area contributed by atoms with E-state index in [0.717, 1.165) is 18.4 Å². The van der Waals surface area contributed by atoms with Crippen molar-refractivity contribution in [1.29, 1.82) is 0 Å². The Balaban J connectivity index is 1.93. The number of sulfone groups is 1. The van der Waals surface area contributed by atoms with Gasteiger partial charge in [-0.3, -0.25) is 14.9 Å². The summed E-state index contributed by atoms with van der Waals surface area (Å²) in [7, 11) is -3.60. The molecule has 2 N–H and O–H groups in total. The number of alkyl halides is 2. The maximum absolute atomic E-state index is 12.4. The summed E-state index contributed by atoms with van der Waals surface area (Å²) in [6.45, 7) is -2.79. The van der Waals surface area contributed by atoms with Crippen molar-refractivity contribution in [2.75, 3.05) is 24.7 Å². The zero-order valence-electron chi connectivity index (χ0n) is 16.2. The van der Waals surface area contributed by atoms with Crippen LogP contribution >= 0.6 is 0 Å². The summed E-state index contributed by atoms with van der Waals surface area (Å²) < 4.78 is 52.3. The van der Waals surface area contributed by atoms with Crippen LogP contribution in [0.5, 0.6) is 5.75 Å². The van der Waals surface area contributed by atoms with Gasteiger partial charge in [0.15, 0.2) is 9.84 Å². The SMILES string of the molecule is CS(=O)(=O)c1ccc(NCCNC(=O)/C=C/c2ccccc2OC(F)F)c([N+](=O)[O-])c1. The predicted octanol–water partition coefficient (Wildman–Crippen LogP) is 2.84. The van der Waals surface area contributed by atoms with Crippen molar-refractivity contribution in [3.05, 3.63) is 64.2 Å². The van der Waals surface area contributed by atoms with Gasteiger partial charge < -0.3 is 15.4 Å². The van der Waals surface area contributed by atoms with Crippen LogP contribution in [0.1, 0.15) is 5.56 Å². The number of anilines is 1. The summed E-state index contributed by atoms with van der Waals surface area (Å²) >= 11 is 0. The second-order valence-corrected chi connectivity index (χ2v) is 8.19. The lowest BCUT2D eigenvalue weighted by Crippen LogP contribution is -2.27. The third-order valence-corrected chi connectivity index (χ3v) is 4.99. The molecule has 1 amide bonds. The number of carbonyl (C=O) groups excluding carboxylic acids is 1. The summed E-state index contributed by atoms with van der Waals surface area (Å²) in [5.41, 5.74) is -0.0253. The van der Waals surface area contributed by atoms with Gasteiger partial charge in [-0.2, -0.15) is 8.78 Å². The van der Waals surface area contributed by atoms with E-state index in [1.807, 2.05) is 0 Å². The first kappa shape index (κ1) is 23.7. The average molecular weight is 455 g/mol. The fourth-order valence-corrected chi connectivity index (χ4v) is 3.11. The second-order valence-electron chi connectivity index (χ2n) is 6.18. The molecule has 0 saturated carbocycles. The van der Waals surface area contributed by atoms with E-state index in [0.29, 0.717) is 0 Å².